The van der Waals surface area contributed by atoms with Gasteiger partial charge >= 0.3 is 0 Å². The number of nitrogens with one attached hydrogen (secondary N) is 1. The summed E-state index contributed by atoms with van der Waals surface area (Å²) in [6.07, 6.45) is 0. The number of nitrogens with zero attached hydrogens (tertiary/aromatic N) is 3. The summed E-state index contributed by atoms with van der Waals surface area (Å²) in [6.45, 7) is 7.71. The molecule has 0 spiro atoms. The molecule has 9 nitrogen and oxygen atoms in total. The number of aliphatic hydroxyl groups is 2. The van der Waals surface area contributed by atoms with Gasteiger partial charge in [0.15, 0.2) is 0 Å². The van der Waals surface area contributed by atoms with Crippen LogP contribution in [-0.2, 0) is 0 Å². The molecular weight excluding hydrogens is 458 g/mol. The van der Waals surface area contributed by atoms with Crippen molar-refractivity contribution in [1.29, 1.82) is 0 Å². The van der Waals surface area contributed by atoms with Crippen LogP contribution in [0, 0.1) is 6.92 Å². The van der Waals surface area contributed by atoms with Crippen molar-refractivity contribution in [1.82, 2.24) is 0 Å². The molecule has 0 heterocycles. The fourth-order valence-corrected chi connectivity index (χ4v) is 3.66. The number of anilines is 4. The van der Waals surface area contributed by atoms with Crippen LogP contribution in [0.3, 0.4) is 0 Å². The molecule has 0 saturated carbocycles. The van der Waals surface area contributed by atoms with Gasteiger partial charge in [-0.1, -0.05) is 0 Å². The lowest BCUT2D eigenvalue weighted by Crippen LogP contribution is -2.29. The topological polar surface area (TPSA) is 125 Å². The molecule has 9 heteroatoms. The zero-order chi connectivity index (χ0) is 25.9. The molecule has 0 amide bonds. The molecule has 0 saturated heterocycles. The number of hydrogen-bond donors (Lipinski definition) is 4. The van der Waals surface area contributed by atoms with E-state index in [4.69, 9.17) is 15.2 Å². The van der Waals surface area contributed by atoms with Gasteiger partial charge in [0.25, 0.3) is 0 Å². The van der Waals surface area contributed by atoms with Crippen molar-refractivity contribution in [2.75, 3.05) is 55.5 Å². The number of azo groups is 1. The Labute approximate surface area is 212 Å². The number of hydrogen-bond acceptors (Lipinski definition) is 9. The number of nitrogens with two attached hydrogens (primary N) is 1. The highest BCUT2D eigenvalue weighted by Crippen LogP contribution is 2.41. The van der Waals surface area contributed by atoms with Gasteiger partial charge in [0.05, 0.1) is 37.8 Å². The highest BCUT2D eigenvalue weighted by molar-refractivity contribution is 5.75. The number of rotatable bonds is 13. The molecule has 192 valence electrons. The van der Waals surface area contributed by atoms with Crippen molar-refractivity contribution in [3.8, 4) is 11.5 Å². The van der Waals surface area contributed by atoms with Crippen LogP contribution in [0.1, 0.15) is 19.4 Å². The maximum absolute atomic E-state index is 9.35. The van der Waals surface area contributed by atoms with E-state index in [2.05, 4.69) is 15.5 Å². The van der Waals surface area contributed by atoms with Crippen LogP contribution in [0.15, 0.2) is 64.8 Å². The smallest absolute Gasteiger partial charge is 0.149 e. The zero-order valence-corrected chi connectivity index (χ0v) is 21.1. The van der Waals surface area contributed by atoms with Crippen molar-refractivity contribution in [3.05, 3.63) is 60.2 Å². The lowest BCUT2D eigenvalue weighted by Gasteiger charge is -2.24. The van der Waals surface area contributed by atoms with Crippen LogP contribution in [0.5, 0.6) is 11.5 Å². The van der Waals surface area contributed by atoms with Gasteiger partial charge in [-0.15, -0.1) is 5.11 Å². The van der Waals surface area contributed by atoms with Crippen LogP contribution in [0.2, 0.25) is 0 Å². The Bertz CT molecular complexity index is 1150. The van der Waals surface area contributed by atoms with E-state index in [0.29, 0.717) is 54.9 Å². The first kappa shape index (κ1) is 26.8. The Morgan fingerprint density at radius 3 is 2.11 bits per heavy atom. The summed E-state index contributed by atoms with van der Waals surface area (Å²) in [5.41, 5.74) is 11.2. The van der Waals surface area contributed by atoms with Crippen LogP contribution in [0.4, 0.5) is 34.1 Å². The first-order valence-electron chi connectivity index (χ1n) is 12.0. The predicted octanol–water partition coefficient (Wildman–Crippen LogP) is 5.32. The number of benzene rings is 3. The molecule has 0 unspecified atom stereocenters. The van der Waals surface area contributed by atoms with E-state index in [1.54, 1.807) is 24.3 Å². The third-order valence-corrected chi connectivity index (χ3v) is 5.41. The van der Waals surface area contributed by atoms with Crippen molar-refractivity contribution in [2.24, 2.45) is 10.2 Å². The zero-order valence-electron chi connectivity index (χ0n) is 21.1. The molecule has 3 aromatic rings. The summed E-state index contributed by atoms with van der Waals surface area (Å²) in [5, 5.41) is 30.9. The molecule has 0 aliphatic heterocycles. The van der Waals surface area contributed by atoms with Crippen LogP contribution < -0.4 is 25.4 Å². The van der Waals surface area contributed by atoms with Gasteiger partial charge < -0.3 is 35.6 Å². The van der Waals surface area contributed by atoms with Crippen molar-refractivity contribution in [3.63, 3.8) is 0 Å². The Morgan fingerprint density at radius 1 is 0.833 bits per heavy atom. The number of nitrogen functional groups attached to an aromatic ring is 1. The first-order valence-corrected chi connectivity index (χ1v) is 12.0. The number of aryl methyl sites for hydroxylation is 1. The Kier molecular flexibility index (Phi) is 9.91. The van der Waals surface area contributed by atoms with Crippen LogP contribution >= 0.6 is 0 Å². The average Bonchev–Trinajstić information content (AvgIpc) is 2.87. The first-order chi connectivity index (χ1) is 17.5. The molecule has 36 heavy (non-hydrogen) atoms. The lowest BCUT2D eigenvalue weighted by molar-refractivity contribution is 0.281. The van der Waals surface area contributed by atoms with Gasteiger partial charge in [-0.2, -0.15) is 5.11 Å². The minimum atomic E-state index is 0.0129. The molecule has 0 fully saturated rings. The summed E-state index contributed by atoms with van der Waals surface area (Å²) in [7, 11) is 0. The predicted molar refractivity (Wildman–Crippen MR) is 145 cm³/mol. The van der Waals surface area contributed by atoms with Gasteiger partial charge in [-0.3, -0.25) is 0 Å². The van der Waals surface area contributed by atoms with Crippen molar-refractivity contribution < 1.29 is 19.7 Å². The standard InChI is InChI=1S/C27H35N5O4/c1-4-35-26-18-25(31-30-21-8-6-20(28)7-9-21)27(36-5-2)17-24(26)29-23-11-10-22(16-19(23)3)32(12-14-33)13-15-34/h6-11,16-18,29,33-34H,4-5,12-15,28H2,1-3H3. The molecule has 0 aromatic heterocycles. The minimum absolute atomic E-state index is 0.0129. The Balaban J connectivity index is 1.93. The maximum Gasteiger partial charge on any atom is 0.149 e. The van der Waals surface area contributed by atoms with E-state index < -0.39 is 0 Å². The SMILES string of the molecule is CCOc1cc(Nc2ccc(N(CCO)CCO)cc2C)c(OCC)cc1N=Nc1ccc(N)cc1. The molecule has 0 aliphatic rings. The largest absolute Gasteiger partial charge is 0.492 e. The van der Waals surface area contributed by atoms with Crippen molar-refractivity contribution in [2.45, 2.75) is 20.8 Å². The lowest BCUT2D eigenvalue weighted by atomic mass is 10.1. The molecule has 0 bridgehead atoms. The maximum atomic E-state index is 9.35. The van der Waals surface area contributed by atoms with E-state index >= 15 is 0 Å². The van der Waals surface area contributed by atoms with E-state index in [9.17, 15) is 10.2 Å². The highest BCUT2D eigenvalue weighted by atomic mass is 16.5. The van der Waals surface area contributed by atoms with Crippen LogP contribution in [0.25, 0.3) is 0 Å². The third kappa shape index (κ3) is 7.10. The summed E-state index contributed by atoms with van der Waals surface area (Å²) in [6, 6.07) is 16.8. The van der Waals surface area contributed by atoms with Gasteiger partial charge in [-0.05, 0) is 68.8 Å². The monoisotopic (exact) mass is 493 g/mol. The quantitative estimate of drug-likeness (QED) is 0.187. The molecule has 0 atom stereocenters. The summed E-state index contributed by atoms with van der Waals surface area (Å²) in [5.74, 6) is 1.20. The van der Waals surface area contributed by atoms with Gasteiger partial charge in [0.2, 0.25) is 0 Å². The molecular formula is C27H35N5O4. The molecule has 0 radical (unpaired) electrons. The number of aliphatic hydroxyl groups excluding tert-OH is 2. The van der Waals surface area contributed by atoms with E-state index in [-0.39, 0.29) is 13.2 Å². The Morgan fingerprint density at radius 2 is 1.50 bits per heavy atom. The molecule has 3 rings (SSSR count). The summed E-state index contributed by atoms with van der Waals surface area (Å²) in [4.78, 5) is 1.94. The second-order valence-corrected chi connectivity index (χ2v) is 8.03. The molecule has 0 aliphatic carbocycles. The second kappa shape index (κ2) is 13.3. The highest BCUT2D eigenvalue weighted by Gasteiger charge is 2.14. The van der Waals surface area contributed by atoms with Gasteiger partial charge in [0, 0.05) is 42.3 Å². The van der Waals surface area contributed by atoms with E-state index in [0.717, 1.165) is 22.6 Å². The minimum Gasteiger partial charge on any atom is -0.492 e. The van der Waals surface area contributed by atoms with Crippen LogP contribution in [-0.4, -0.2) is 49.7 Å². The van der Waals surface area contributed by atoms with Crippen molar-refractivity contribution >= 4 is 34.1 Å². The van der Waals surface area contributed by atoms with E-state index in [1.165, 1.54) is 0 Å². The van der Waals surface area contributed by atoms with E-state index in [1.807, 2.05) is 56.0 Å². The fraction of sp³-hybridized carbons (Fsp3) is 0.333. The summed E-state index contributed by atoms with van der Waals surface area (Å²) >= 11 is 0. The Hall–Kier alpha value is -3.82. The summed E-state index contributed by atoms with van der Waals surface area (Å²) < 4.78 is 11.8. The fourth-order valence-electron chi connectivity index (χ4n) is 3.66. The third-order valence-electron chi connectivity index (χ3n) is 5.41. The molecule has 3 aromatic carbocycles. The average molecular weight is 494 g/mol. The normalized spacial score (nSPS) is 11.0. The number of ether oxygens (including phenoxy) is 2. The van der Waals surface area contributed by atoms with Gasteiger partial charge in [0.1, 0.15) is 17.2 Å². The molecule has 5 N–H and O–H groups in total. The van der Waals surface area contributed by atoms with Gasteiger partial charge in [-0.25, -0.2) is 0 Å². The second-order valence-electron chi connectivity index (χ2n) is 8.03.